The summed E-state index contributed by atoms with van der Waals surface area (Å²) in [6.45, 7) is 6.17. The molecule has 1 saturated carbocycles. The van der Waals surface area contributed by atoms with Gasteiger partial charge in [-0.15, -0.1) is 0 Å². The van der Waals surface area contributed by atoms with Crippen molar-refractivity contribution in [1.29, 1.82) is 0 Å². The Morgan fingerprint density at radius 3 is 2.73 bits per heavy atom. The van der Waals surface area contributed by atoms with Gasteiger partial charge in [-0.25, -0.2) is 19.3 Å². The van der Waals surface area contributed by atoms with Crippen LogP contribution in [0.2, 0.25) is 0 Å². The number of fused-ring (bicyclic) bond motifs is 2. The topological polar surface area (TPSA) is 59.4 Å². The monoisotopic (exact) mass is 349 g/mol. The van der Waals surface area contributed by atoms with Crippen molar-refractivity contribution < 1.29 is 4.39 Å². The standard InChI is InChI=1S/C20H20FN5/c1-10(2)26-11(3)24-17-7-16(21)13(6-18(17)26)14-8-23-20-15(14)9-22-19(25-20)12-4-5-12/h6-10,12H,4-5H2,1-3H3,(H,22,23,25). The zero-order chi connectivity index (χ0) is 18.0. The molecule has 0 unspecified atom stereocenters. The van der Waals surface area contributed by atoms with E-state index in [2.05, 4.69) is 38.4 Å². The van der Waals surface area contributed by atoms with E-state index in [1.807, 2.05) is 25.4 Å². The molecule has 1 aliphatic rings. The number of nitrogens with zero attached hydrogens (tertiary/aromatic N) is 4. The molecule has 6 heteroatoms. The highest BCUT2D eigenvalue weighted by molar-refractivity contribution is 5.95. The average molecular weight is 349 g/mol. The van der Waals surface area contributed by atoms with E-state index in [0.717, 1.165) is 46.6 Å². The maximum absolute atomic E-state index is 14.9. The number of nitrogens with one attached hydrogen (secondary N) is 1. The van der Waals surface area contributed by atoms with E-state index >= 15 is 0 Å². The third-order valence-electron chi connectivity index (χ3n) is 5.15. The van der Waals surface area contributed by atoms with Crippen LogP contribution in [0.15, 0.2) is 24.5 Å². The van der Waals surface area contributed by atoms with Gasteiger partial charge in [-0.1, -0.05) is 0 Å². The molecule has 0 atom stereocenters. The van der Waals surface area contributed by atoms with E-state index in [1.165, 1.54) is 6.07 Å². The van der Waals surface area contributed by atoms with E-state index in [0.29, 0.717) is 17.0 Å². The third-order valence-corrected chi connectivity index (χ3v) is 5.15. The minimum Gasteiger partial charge on any atom is -0.345 e. The maximum atomic E-state index is 14.9. The second kappa shape index (κ2) is 5.37. The Bertz CT molecular complexity index is 1150. The van der Waals surface area contributed by atoms with Gasteiger partial charge in [0.1, 0.15) is 23.1 Å². The summed E-state index contributed by atoms with van der Waals surface area (Å²) < 4.78 is 17.0. The molecule has 0 spiro atoms. The molecule has 1 aromatic carbocycles. The Kier molecular flexibility index (Phi) is 3.20. The fraction of sp³-hybridized carbons (Fsp3) is 0.350. The molecule has 0 radical (unpaired) electrons. The number of hydrogen-bond donors (Lipinski definition) is 1. The molecule has 0 bridgehead atoms. The van der Waals surface area contributed by atoms with Crippen molar-refractivity contribution in [1.82, 2.24) is 24.5 Å². The van der Waals surface area contributed by atoms with Crippen molar-refractivity contribution in [3.8, 4) is 11.1 Å². The number of halogens is 1. The van der Waals surface area contributed by atoms with Gasteiger partial charge in [0.2, 0.25) is 0 Å². The van der Waals surface area contributed by atoms with E-state index in [1.54, 1.807) is 0 Å². The minimum absolute atomic E-state index is 0.255. The zero-order valence-corrected chi connectivity index (χ0v) is 15.0. The van der Waals surface area contributed by atoms with Crippen LogP contribution in [-0.4, -0.2) is 24.5 Å². The molecule has 5 nitrogen and oxygen atoms in total. The van der Waals surface area contributed by atoms with Gasteiger partial charge in [-0.05, 0) is 39.7 Å². The molecule has 26 heavy (non-hydrogen) atoms. The predicted octanol–water partition coefficient (Wildman–Crippen LogP) is 4.88. The summed E-state index contributed by atoms with van der Waals surface area (Å²) in [5.74, 6) is 1.99. The minimum atomic E-state index is -0.280. The number of imidazole rings is 1. The van der Waals surface area contributed by atoms with Crippen molar-refractivity contribution in [2.75, 3.05) is 0 Å². The summed E-state index contributed by atoms with van der Waals surface area (Å²) in [7, 11) is 0. The molecule has 1 fully saturated rings. The number of benzene rings is 1. The first-order valence-corrected chi connectivity index (χ1v) is 9.05. The Morgan fingerprint density at radius 1 is 1.19 bits per heavy atom. The lowest BCUT2D eigenvalue weighted by molar-refractivity contribution is 0.599. The molecule has 5 rings (SSSR count). The van der Waals surface area contributed by atoms with Gasteiger partial charge in [0, 0.05) is 46.9 Å². The summed E-state index contributed by atoms with van der Waals surface area (Å²) in [4.78, 5) is 16.8. The highest BCUT2D eigenvalue weighted by Crippen LogP contribution is 2.39. The number of aromatic nitrogens is 5. The van der Waals surface area contributed by atoms with Crippen LogP contribution < -0.4 is 0 Å². The van der Waals surface area contributed by atoms with E-state index < -0.39 is 0 Å². The Labute approximate surface area is 150 Å². The summed E-state index contributed by atoms with van der Waals surface area (Å²) >= 11 is 0. The van der Waals surface area contributed by atoms with Crippen molar-refractivity contribution >= 4 is 22.1 Å². The second-order valence-electron chi connectivity index (χ2n) is 7.41. The molecule has 3 heterocycles. The van der Waals surface area contributed by atoms with Crippen molar-refractivity contribution in [2.45, 2.75) is 45.6 Å². The molecule has 132 valence electrons. The zero-order valence-electron chi connectivity index (χ0n) is 15.0. The Balaban J connectivity index is 1.72. The van der Waals surface area contributed by atoms with Crippen LogP contribution in [0.25, 0.3) is 33.2 Å². The van der Waals surface area contributed by atoms with Gasteiger partial charge in [-0.3, -0.25) is 0 Å². The fourth-order valence-corrected chi connectivity index (χ4v) is 3.78. The summed E-state index contributed by atoms with van der Waals surface area (Å²) in [5.41, 5.74) is 3.73. The Morgan fingerprint density at radius 2 is 2.00 bits per heavy atom. The van der Waals surface area contributed by atoms with E-state index in [4.69, 9.17) is 0 Å². The largest absolute Gasteiger partial charge is 0.345 e. The van der Waals surface area contributed by atoms with Gasteiger partial charge in [-0.2, -0.15) is 0 Å². The van der Waals surface area contributed by atoms with Crippen LogP contribution in [0, 0.1) is 12.7 Å². The quantitative estimate of drug-likeness (QED) is 0.573. The van der Waals surface area contributed by atoms with Crippen LogP contribution in [0.4, 0.5) is 4.39 Å². The SMILES string of the molecule is Cc1nc2cc(F)c(-c3c[nH]c4nc(C5CC5)ncc34)cc2n1C(C)C. The lowest BCUT2D eigenvalue weighted by Gasteiger charge is -2.11. The number of aryl methyl sites for hydroxylation is 1. The molecular formula is C20H20FN5. The van der Waals surface area contributed by atoms with Gasteiger partial charge in [0.15, 0.2) is 0 Å². The van der Waals surface area contributed by atoms with Gasteiger partial charge < -0.3 is 9.55 Å². The predicted molar refractivity (Wildman–Crippen MR) is 99.7 cm³/mol. The van der Waals surface area contributed by atoms with Crippen molar-refractivity contribution in [3.05, 3.63) is 42.0 Å². The van der Waals surface area contributed by atoms with Crippen LogP contribution in [0.5, 0.6) is 0 Å². The van der Waals surface area contributed by atoms with Gasteiger partial charge in [0.25, 0.3) is 0 Å². The first kappa shape index (κ1) is 15.5. The molecule has 1 aliphatic carbocycles. The average Bonchev–Trinajstić information content (AvgIpc) is 3.28. The van der Waals surface area contributed by atoms with Crippen LogP contribution >= 0.6 is 0 Å². The van der Waals surface area contributed by atoms with Gasteiger partial charge >= 0.3 is 0 Å². The van der Waals surface area contributed by atoms with E-state index in [-0.39, 0.29) is 11.9 Å². The number of hydrogen-bond acceptors (Lipinski definition) is 3. The molecule has 4 aromatic rings. The Hall–Kier alpha value is -2.76. The maximum Gasteiger partial charge on any atom is 0.141 e. The fourth-order valence-electron chi connectivity index (χ4n) is 3.78. The lowest BCUT2D eigenvalue weighted by Crippen LogP contribution is -2.02. The van der Waals surface area contributed by atoms with Crippen LogP contribution in [-0.2, 0) is 0 Å². The lowest BCUT2D eigenvalue weighted by atomic mass is 10.0. The van der Waals surface area contributed by atoms with Crippen molar-refractivity contribution in [2.24, 2.45) is 0 Å². The van der Waals surface area contributed by atoms with E-state index in [9.17, 15) is 4.39 Å². The molecule has 0 saturated heterocycles. The molecule has 1 N–H and O–H groups in total. The molecule has 0 amide bonds. The third kappa shape index (κ3) is 2.25. The normalized spacial score (nSPS) is 14.8. The van der Waals surface area contributed by atoms with Crippen LogP contribution in [0.3, 0.4) is 0 Å². The first-order chi connectivity index (χ1) is 12.5. The molecule has 3 aromatic heterocycles. The molecule has 0 aliphatic heterocycles. The number of aromatic amines is 1. The highest BCUT2D eigenvalue weighted by Gasteiger charge is 2.27. The van der Waals surface area contributed by atoms with Gasteiger partial charge in [0.05, 0.1) is 11.0 Å². The highest BCUT2D eigenvalue weighted by atomic mass is 19.1. The summed E-state index contributed by atoms with van der Waals surface area (Å²) in [5, 5.41) is 0.847. The summed E-state index contributed by atoms with van der Waals surface area (Å²) in [6, 6.07) is 3.67. The second-order valence-corrected chi connectivity index (χ2v) is 7.41. The number of H-pyrrole nitrogens is 1. The smallest absolute Gasteiger partial charge is 0.141 e. The molecular weight excluding hydrogens is 329 g/mol. The summed E-state index contributed by atoms with van der Waals surface area (Å²) in [6.07, 6.45) is 5.95. The number of rotatable bonds is 3. The first-order valence-electron chi connectivity index (χ1n) is 9.05. The van der Waals surface area contributed by atoms with Crippen molar-refractivity contribution in [3.63, 3.8) is 0 Å². The van der Waals surface area contributed by atoms with Crippen LogP contribution in [0.1, 0.15) is 50.3 Å².